The lowest BCUT2D eigenvalue weighted by molar-refractivity contribution is -0.132. The van der Waals surface area contributed by atoms with Crippen LogP contribution in [-0.2, 0) is 21.2 Å². The highest BCUT2D eigenvalue weighted by Crippen LogP contribution is 2.17. The Hall–Kier alpha value is -4.64. The van der Waals surface area contributed by atoms with Crippen molar-refractivity contribution in [3.05, 3.63) is 101 Å². The number of guanidine groups is 1. The second-order valence-corrected chi connectivity index (χ2v) is 9.52. The van der Waals surface area contributed by atoms with Crippen molar-refractivity contribution in [1.29, 1.82) is 0 Å². The van der Waals surface area contributed by atoms with Crippen LogP contribution in [0.2, 0.25) is 0 Å². The van der Waals surface area contributed by atoms with Gasteiger partial charge in [-0.3, -0.25) is 9.52 Å². The van der Waals surface area contributed by atoms with E-state index in [4.69, 9.17) is 11.5 Å². The van der Waals surface area contributed by atoms with E-state index >= 15 is 0 Å². The fraction of sp³-hybridized carbons (Fsp3) is 0.0800. The second kappa shape index (κ2) is 11.7. The molecule has 0 aliphatic rings. The molecule has 0 aromatic heterocycles. The number of aliphatic imine (C=N–C) groups is 1. The highest BCUT2D eigenvalue weighted by Gasteiger charge is 2.17. The Balaban J connectivity index is 1.67. The number of amides is 1. The summed E-state index contributed by atoms with van der Waals surface area (Å²) >= 11 is 0. The first-order valence-electron chi connectivity index (χ1n) is 10.7. The third-order valence-electron chi connectivity index (χ3n) is 4.84. The number of aryl methyl sites for hydroxylation is 1. The minimum absolute atomic E-state index is 0.129. The molecule has 7 N–H and O–H groups in total. The van der Waals surface area contributed by atoms with Crippen molar-refractivity contribution in [2.45, 2.75) is 6.42 Å². The van der Waals surface area contributed by atoms with Gasteiger partial charge in [-0.25, -0.2) is 18.2 Å². The van der Waals surface area contributed by atoms with E-state index in [2.05, 4.69) is 15.0 Å². The third-order valence-corrected chi connectivity index (χ3v) is 6.12. The number of hydrogen-bond donors (Lipinski definition) is 5. The van der Waals surface area contributed by atoms with E-state index in [9.17, 15) is 23.1 Å². The normalized spacial score (nSPS) is 11.4. The molecule has 0 spiro atoms. The first-order chi connectivity index (χ1) is 17.1. The predicted octanol–water partition coefficient (Wildman–Crippen LogP) is 2.43. The summed E-state index contributed by atoms with van der Waals surface area (Å²) < 4.78 is 27.0. The van der Waals surface area contributed by atoms with Crippen molar-refractivity contribution in [2.75, 3.05) is 11.1 Å². The molecular weight excluding hydrogens is 482 g/mol. The van der Waals surface area contributed by atoms with Crippen molar-refractivity contribution in [1.82, 2.24) is 4.72 Å². The zero-order valence-corrected chi connectivity index (χ0v) is 19.9. The molecule has 11 heteroatoms. The molecule has 0 heterocycles. The maximum absolute atomic E-state index is 12.5. The van der Waals surface area contributed by atoms with Gasteiger partial charge in [0.05, 0.1) is 11.4 Å². The topological polar surface area (TPSA) is 177 Å². The molecule has 0 aliphatic heterocycles. The van der Waals surface area contributed by atoms with Crippen LogP contribution in [0.25, 0.3) is 6.08 Å². The Morgan fingerprint density at radius 3 is 2.28 bits per heavy atom. The summed E-state index contributed by atoms with van der Waals surface area (Å²) in [6.45, 7) is 0. The zero-order chi connectivity index (χ0) is 26.1. The van der Waals surface area contributed by atoms with Gasteiger partial charge in [0.2, 0.25) is 10.0 Å². The number of carbonyl (C=O) groups is 2. The number of anilines is 1. The van der Waals surface area contributed by atoms with Crippen LogP contribution < -0.4 is 21.5 Å². The van der Waals surface area contributed by atoms with Crippen LogP contribution in [0.1, 0.15) is 21.5 Å². The van der Waals surface area contributed by atoms with Gasteiger partial charge in [-0.1, -0.05) is 48.5 Å². The van der Waals surface area contributed by atoms with Gasteiger partial charge >= 0.3 is 5.97 Å². The molecule has 0 saturated heterocycles. The number of hydrogen-bond acceptors (Lipinski definition) is 5. The molecule has 186 valence electrons. The van der Waals surface area contributed by atoms with E-state index in [0.29, 0.717) is 22.5 Å². The largest absolute Gasteiger partial charge is 0.477 e. The first kappa shape index (κ1) is 26.0. The average molecular weight is 508 g/mol. The molecule has 0 unspecified atom stereocenters. The molecule has 0 atom stereocenters. The van der Waals surface area contributed by atoms with E-state index in [1.807, 2.05) is 6.07 Å². The van der Waals surface area contributed by atoms with E-state index in [1.54, 1.807) is 66.7 Å². The molecule has 0 fully saturated rings. The summed E-state index contributed by atoms with van der Waals surface area (Å²) in [4.78, 5) is 28.1. The van der Waals surface area contributed by atoms with Gasteiger partial charge in [-0.2, -0.15) is 0 Å². The SMILES string of the molecule is NC(N)=Nc1cccc(C(=O)Nc2ccc(C=C(NS(=O)(=O)CCc3ccccc3)C(=O)O)cc2)c1. The average Bonchev–Trinajstić information content (AvgIpc) is 2.84. The summed E-state index contributed by atoms with van der Waals surface area (Å²) in [5.41, 5.74) is 12.7. The summed E-state index contributed by atoms with van der Waals surface area (Å²) in [6, 6.07) is 21.6. The Kier molecular flexibility index (Phi) is 8.42. The van der Waals surface area contributed by atoms with Crippen molar-refractivity contribution >= 4 is 45.3 Å². The van der Waals surface area contributed by atoms with Crippen molar-refractivity contribution < 1.29 is 23.1 Å². The Morgan fingerprint density at radius 2 is 1.64 bits per heavy atom. The van der Waals surface area contributed by atoms with Gasteiger partial charge in [0, 0.05) is 11.3 Å². The van der Waals surface area contributed by atoms with Crippen molar-refractivity contribution in [3.8, 4) is 0 Å². The number of rotatable bonds is 10. The minimum atomic E-state index is -3.89. The summed E-state index contributed by atoms with van der Waals surface area (Å²) in [5.74, 6) is -2.22. The zero-order valence-electron chi connectivity index (χ0n) is 19.1. The highest BCUT2D eigenvalue weighted by molar-refractivity contribution is 7.89. The van der Waals surface area contributed by atoms with Crippen LogP contribution in [0.15, 0.2) is 89.6 Å². The van der Waals surface area contributed by atoms with Gasteiger partial charge in [-0.15, -0.1) is 0 Å². The molecule has 0 bridgehead atoms. The van der Waals surface area contributed by atoms with Crippen LogP contribution in [0.4, 0.5) is 11.4 Å². The number of benzene rings is 3. The maximum Gasteiger partial charge on any atom is 0.352 e. The number of sulfonamides is 1. The number of nitrogens with zero attached hydrogens (tertiary/aromatic N) is 1. The lowest BCUT2D eigenvalue weighted by Crippen LogP contribution is -2.30. The summed E-state index contributed by atoms with van der Waals surface area (Å²) in [6.07, 6.45) is 1.44. The number of aliphatic carboxylic acids is 1. The lowest BCUT2D eigenvalue weighted by Gasteiger charge is -2.09. The van der Waals surface area contributed by atoms with Crippen LogP contribution in [0.5, 0.6) is 0 Å². The van der Waals surface area contributed by atoms with Crippen LogP contribution in [-0.4, -0.2) is 37.1 Å². The molecular formula is C25H25N5O5S. The van der Waals surface area contributed by atoms with Gasteiger partial charge in [0.25, 0.3) is 5.91 Å². The molecule has 3 aromatic carbocycles. The lowest BCUT2D eigenvalue weighted by atomic mass is 10.1. The number of carboxylic acids is 1. The number of carbonyl (C=O) groups excluding carboxylic acids is 1. The molecule has 3 aromatic rings. The highest BCUT2D eigenvalue weighted by atomic mass is 32.2. The fourth-order valence-corrected chi connectivity index (χ4v) is 4.24. The van der Waals surface area contributed by atoms with Gasteiger partial charge in [0.15, 0.2) is 5.96 Å². The van der Waals surface area contributed by atoms with Gasteiger partial charge in [-0.05, 0) is 54.0 Å². The maximum atomic E-state index is 12.5. The summed E-state index contributed by atoms with van der Waals surface area (Å²) in [7, 11) is -3.89. The van der Waals surface area contributed by atoms with Crippen LogP contribution in [0.3, 0.4) is 0 Å². The molecule has 1 amide bonds. The standard InChI is InChI=1S/C25H25N5O5S/c26-25(27)29-21-8-4-7-19(16-21)23(31)28-20-11-9-18(10-12-20)15-22(24(32)33)30-36(34,35)14-13-17-5-2-1-3-6-17/h1-12,15-16,30H,13-14H2,(H,28,31)(H,32,33)(H4,26,27,29). The van der Waals surface area contributed by atoms with Crippen molar-refractivity contribution in [2.24, 2.45) is 16.5 Å². The Morgan fingerprint density at radius 1 is 0.944 bits per heavy atom. The van der Waals surface area contributed by atoms with Crippen LogP contribution >= 0.6 is 0 Å². The van der Waals surface area contributed by atoms with Crippen LogP contribution in [0, 0.1) is 0 Å². The fourth-order valence-electron chi connectivity index (χ4n) is 3.15. The summed E-state index contributed by atoms with van der Waals surface area (Å²) in [5, 5.41) is 12.2. The predicted molar refractivity (Wildman–Crippen MR) is 139 cm³/mol. The van der Waals surface area contributed by atoms with Gasteiger partial charge in [0.1, 0.15) is 5.70 Å². The second-order valence-electron chi connectivity index (χ2n) is 7.68. The quantitative estimate of drug-likeness (QED) is 0.159. The first-order valence-corrected chi connectivity index (χ1v) is 12.4. The monoisotopic (exact) mass is 507 g/mol. The Bertz CT molecular complexity index is 1400. The molecule has 0 saturated carbocycles. The molecule has 10 nitrogen and oxygen atoms in total. The van der Waals surface area contributed by atoms with Gasteiger partial charge < -0.3 is 21.9 Å². The molecule has 0 radical (unpaired) electrons. The molecule has 36 heavy (non-hydrogen) atoms. The smallest absolute Gasteiger partial charge is 0.352 e. The number of carboxylic acid groups (broad SMARTS) is 1. The number of nitrogens with one attached hydrogen (secondary N) is 2. The number of nitrogens with two attached hydrogens (primary N) is 2. The Labute approximate surface area is 208 Å². The minimum Gasteiger partial charge on any atom is -0.477 e. The van der Waals surface area contributed by atoms with Crippen molar-refractivity contribution in [3.63, 3.8) is 0 Å². The van der Waals surface area contributed by atoms with E-state index in [0.717, 1.165) is 5.56 Å². The van der Waals surface area contributed by atoms with E-state index in [-0.39, 0.29) is 18.1 Å². The third kappa shape index (κ3) is 7.99. The molecule has 3 rings (SSSR count). The van der Waals surface area contributed by atoms with E-state index in [1.165, 1.54) is 12.1 Å². The molecule has 0 aliphatic carbocycles. The van der Waals surface area contributed by atoms with E-state index < -0.39 is 27.6 Å².